The van der Waals surface area contributed by atoms with Gasteiger partial charge in [-0.2, -0.15) is 18.2 Å². The van der Waals surface area contributed by atoms with Crippen LogP contribution in [0.25, 0.3) is 22.3 Å². The second kappa shape index (κ2) is 8.27. The number of nitrogens with zero attached hydrogens (tertiary/aromatic N) is 2. The number of anilines is 1. The van der Waals surface area contributed by atoms with E-state index in [1.165, 1.54) is 11.9 Å². The second-order valence-corrected chi connectivity index (χ2v) is 7.41. The zero-order valence-corrected chi connectivity index (χ0v) is 17.1. The highest BCUT2D eigenvalue weighted by atomic mass is 19.4. The molecule has 0 amide bonds. The van der Waals surface area contributed by atoms with E-state index in [-0.39, 0.29) is 5.69 Å². The van der Waals surface area contributed by atoms with Crippen LogP contribution in [0.15, 0.2) is 72.8 Å². The van der Waals surface area contributed by atoms with Crippen molar-refractivity contribution in [3.8, 4) is 22.3 Å². The van der Waals surface area contributed by atoms with E-state index < -0.39 is 24.6 Å². The van der Waals surface area contributed by atoms with Crippen LogP contribution in [-0.4, -0.2) is 30.4 Å². The summed E-state index contributed by atoms with van der Waals surface area (Å²) in [7, 11) is 1.53. The molecule has 3 aromatic carbocycles. The highest BCUT2D eigenvalue weighted by molar-refractivity contribution is 5.85. The van der Waals surface area contributed by atoms with Gasteiger partial charge in [0, 0.05) is 5.56 Å². The average molecular weight is 442 g/mol. The zero-order valence-electron chi connectivity index (χ0n) is 17.1. The first kappa shape index (κ1) is 21.8. The number of fused-ring (bicyclic) bond motifs is 1. The number of hydroxylamine groups is 1. The van der Waals surface area contributed by atoms with Gasteiger partial charge in [0.15, 0.2) is 6.29 Å². The van der Waals surface area contributed by atoms with Crippen LogP contribution >= 0.6 is 0 Å². The van der Waals surface area contributed by atoms with Gasteiger partial charge in [-0.3, -0.25) is 10.6 Å². The smallest absolute Gasteiger partial charge is 0.329 e. The van der Waals surface area contributed by atoms with Crippen LogP contribution < -0.4 is 16.5 Å². The van der Waals surface area contributed by atoms with Crippen molar-refractivity contribution < 1.29 is 22.8 Å². The molecular weight excluding hydrogens is 421 g/mol. The molecule has 9 heteroatoms. The number of carbonyl (C=O) groups is 1. The van der Waals surface area contributed by atoms with Crippen molar-refractivity contribution in [2.24, 2.45) is 11.5 Å². The van der Waals surface area contributed by atoms with Gasteiger partial charge in [0.2, 0.25) is 0 Å². The number of hydrogen-bond donors (Lipinski definition) is 2. The van der Waals surface area contributed by atoms with E-state index in [1.54, 1.807) is 12.1 Å². The van der Waals surface area contributed by atoms with Gasteiger partial charge < -0.3 is 10.6 Å². The molecule has 32 heavy (non-hydrogen) atoms. The molecule has 0 saturated carbocycles. The highest BCUT2D eigenvalue weighted by Gasteiger charge is 2.45. The van der Waals surface area contributed by atoms with Gasteiger partial charge in [-0.05, 0) is 35.4 Å². The molecule has 1 aliphatic heterocycles. The Morgan fingerprint density at radius 3 is 2.12 bits per heavy atom. The lowest BCUT2D eigenvalue weighted by Gasteiger charge is -2.43. The van der Waals surface area contributed by atoms with Crippen molar-refractivity contribution in [2.45, 2.75) is 18.6 Å². The second-order valence-electron chi connectivity index (χ2n) is 7.41. The van der Waals surface area contributed by atoms with Crippen LogP contribution in [0.3, 0.4) is 0 Å². The Morgan fingerprint density at radius 1 is 0.906 bits per heavy atom. The third-order valence-electron chi connectivity index (χ3n) is 5.42. The van der Waals surface area contributed by atoms with Crippen molar-refractivity contribution in [3.05, 3.63) is 78.4 Å². The monoisotopic (exact) mass is 442 g/mol. The molecule has 3 aromatic rings. The van der Waals surface area contributed by atoms with Gasteiger partial charge in [0.25, 0.3) is 0 Å². The van der Waals surface area contributed by atoms with Crippen LogP contribution in [0, 0.1) is 0 Å². The molecule has 2 atom stereocenters. The highest BCUT2D eigenvalue weighted by Crippen LogP contribution is 2.40. The van der Waals surface area contributed by atoms with Crippen molar-refractivity contribution in [2.75, 3.05) is 12.1 Å². The van der Waals surface area contributed by atoms with Crippen molar-refractivity contribution in [1.29, 1.82) is 0 Å². The molecule has 0 aromatic heterocycles. The summed E-state index contributed by atoms with van der Waals surface area (Å²) in [5.74, 6) is -2.36. The first-order valence-electron chi connectivity index (χ1n) is 9.78. The minimum Gasteiger partial charge on any atom is -0.329 e. The number of benzene rings is 3. The van der Waals surface area contributed by atoms with Gasteiger partial charge in [-0.15, -0.1) is 0 Å². The molecule has 0 saturated heterocycles. The van der Waals surface area contributed by atoms with Crippen LogP contribution in [0.1, 0.15) is 11.7 Å². The Morgan fingerprint density at radius 2 is 1.50 bits per heavy atom. The molecule has 4 N–H and O–H groups in total. The van der Waals surface area contributed by atoms with Gasteiger partial charge in [-0.1, -0.05) is 66.7 Å². The van der Waals surface area contributed by atoms with E-state index in [0.29, 0.717) is 11.1 Å². The van der Waals surface area contributed by atoms with Gasteiger partial charge in [0.1, 0.15) is 0 Å². The summed E-state index contributed by atoms with van der Waals surface area (Å²) in [4.78, 5) is 17.6. The van der Waals surface area contributed by atoms with E-state index in [4.69, 9.17) is 11.5 Å². The first-order valence-corrected chi connectivity index (χ1v) is 9.78. The zero-order chi connectivity index (χ0) is 23.0. The van der Waals surface area contributed by atoms with Crippen LogP contribution in [0.2, 0.25) is 0 Å². The molecule has 1 heterocycles. The Labute approximate surface area is 182 Å². The molecule has 0 fully saturated rings. The molecule has 0 radical (unpaired) electrons. The number of carbonyl (C=O) groups excluding carboxylic acids is 1. The minimum atomic E-state index is -5.17. The van der Waals surface area contributed by atoms with Crippen molar-refractivity contribution >= 4 is 11.7 Å². The summed E-state index contributed by atoms with van der Waals surface area (Å²) in [6.07, 6.45) is -7.07. The number of hydrogen-bond acceptors (Lipinski definition) is 6. The Kier molecular flexibility index (Phi) is 5.64. The van der Waals surface area contributed by atoms with Crippen LogP contribution in [0.4, 0.5) is 18.9 Å². The summed E-state index contributed by atoms with van der Waals surface area (Å²) in [6.45, 7) is 0. The van der Waals surface area contributed by atoms with Gasteiger partial charge >= 0.3 is 12.1 Å². The third-order valence-corrected chi connectivity index (χ3v) is 5.42. The lowest BCUT2D eigenvalue weighted by atomic mass is 9.93. The number of alkyl halides is 3. The standard InChI is InChI=1S/C23H21F3N4O2/c1-29-20(27)18-12-11-15(13-19(18)30(22(29)28)32-21(31)23(24,25)26)17-10-6-5-9-16(17)14-7-3-2-4-8-14/h2-13,20,22H,27-28H2,1H3. The first-order chi connectivity index (χ1) is 15.2. The molecule has 0 spiro atoms. The molecule has 6 nitrogen and oxygen atoms in total. The molecule has 1 aliphatic rings. The number of halogens is 3. The SMILES string of the molecule is CN1C(N)c2ccc(-c3ccccc3-c3ccccc3)cc2N(OC(=O)C(F)(F)F)C1N. The van der Waals surface area contributed by atoms with Crippen molar-refractivity contribution in [1.82, 2.24) is 4.90 Å². The maximum Gasteiger partial charge on any atom is 0.493 e. The number of nitrogens with two attached hydrogens (primary N) is 2. The van der Waals surface area contributed by atoms with E-state index in [1.807, 2.05) is 60.7 Å². The summed E-state index contributed by atoms with van der Waals surface area (Å²) < 4.78 is 38.7. The largest absolute Gasteiger partial charge is 0.493 e. The lowest BCUT2D eigenvalue weighted by molar-refractivity contribution is -0.204. The predicted octanol–water partition coefficient (Wildman–Crippen LogP) is 3.99. The summed E-state index contributed by atoms with van der Waals surface area (Å²) >= 11 is 0. The van der Waals surface area contributed by atoms with E-state index in [2.05, 4.69) is 4.84 Å². The number of rotatable bonds is 3. The van der Waals surface area contributed by atoms with E-state index in [0.717, 1.165) is 21.8 Å². The van der Waals surface area contributed by atoms with Crippen LogP contribution in [-0.2, 0) is 9.63 Å². The fraction of sp³-hybridized carbons (Fsp3) is 0.174. The summed E-state index contributed by atoms with van der Waals surface area (Å²) in [5, 5.41) is 0.753. The average Bonchev–Trinajstić information content (AvgIpc) is 2.80. The molecule has 0 aliphatic carbocycles. The predicted molar refractivity (Wildman–Crippen MR) is 115 cm³/mol. The maximum absolute atomic E-state index is 12.9. The minimum absolute atomic E-state index is 0.195. The Bertz CT molecular complexity index is 1140. The van der Waals surface area contributed by atoms with E-state index >= 15 is 0 Å². The topological polar surface area (TPSA) is 84.8 Å². The van der Waals surface area contributed by atoms with E-state index in [9.17, 15) is 18.0 Å². The molecule has 4 rings (SSSR count). The Balaban J connectivity index is 1.83. The lowest BCUT2D eigenvalue weighted by Crippen LogP contribution is -2.60. The molecule has 2 unspecified atom stereocenters. The van der Waals surface area contributed by atoms with Crippen LogP contribution in [0.5, 0.6) is 0 Å². The van der Waals surface area contributed by atoms with Crippen molar-refractivity contribution in [3.63, 3.8) is 0 Å². The molecular formula is C23H21F3N4O2. The van der Waals surface area contributed by atoms with Gasteiger partial charge in [-0.25, -0.2) is 4.79 Å². The summed E-state index contributed by atoms with van der Waals surface area (Å²) in [6, 6.07) is 22.5. The fourth-order valence-electron chi connectivity index (χ4n) is 3.69. The Hall–Kier alpha value is -3.40. The normalized spacial score (nSPS) is 18.9. The fourth-order valence-corrected chi connectivity index (χ4v) is 3.69. The quantitative estimate of drug-likeness (QED) is 0.638. The van der Waals surface area contributed by atoms with Gasteiger partial charge in [0.05, 0.1) is 11.9 Å². The third kappa shape index (κ3) is 3.93. The molecule has 0 bridgehead atoms. The maximum atomic E-state index is 12.9. The summed E-state index contributed by atoms with van der Waals surface area (Å²) in [5.41, 5.74) is 16.4. The molecule has 166 valence electrons.